The molecule has 2 aromatic rings. The lowest BCUT2D eigenvalue weighted by Gasteiger charge is -2.15. The molecule has 0 aliphatic rings. The van der Waals surface area contributed by atoms with Crippen molar-refractivity contribution in [2.24, 2.45) is 0 Å². The van der Waals surface area contributed by atoms with Gasteiger partial charge in [0.25, 0.3) is 0 Å². The third-order valence-electron chi connectivity index (χ3n) is 3.26. The number of halogens is 2. The van der Waals surface area contributed by atoms with Crippen LogP contribution in [0.2, 0.25) is 0 Å². The first kappa shape index (κ1) is 19.2. The van der Waals surface area contributed by atoms with E-state index in [9.17, 15) is 13.6 Å². The number of carbonyl (C=O) groups is 1. The van der Waals surface area contributed by atoms with E-state index in [0.29, 0.717) is 17.0 Å². The Labute approximate surface area is 149 Å². The van der Waals surface area contributed by atoms with Gasteiger partial charge >= 0.3 is 5.97 Å². The molecule has 0 fully saturated rings. The molecule has 1 aromatic carbocycles. The Kier molecular flexibility index (Phi) is 6.36. The maximum atomic E-state index is 14.4. The quantitative estimate of drug-likeness (QED) is 0.557. The van der Waals surface area contributed by atoms with Crippen molar-refractivity contribution in [3.05, 3.63) is 42.1 Å². The summed E-state index contributed by atoms with van der Waals surface area (Å²) >= 11 is 0.777. The standard InChI is InChI=1S/C18H19F2NO3S/c1-10(2)24-17-13(6-5-7-21-17)12-8-14(19)16(15(20)9-12)25-11(3)18(22)23-4/h5-11H,1-4H3. The highest BCUT2D eigenvalue weighted by molar-refractivity contribution is 8.00. The van der Waals surface area contributed by atoms with Gasteiger partial charge < -0.3 is 9.47 Å². The molecule has 4 nitrogen and oxygen atoms in total. The highest BCUT2D eigenvalue weighted by Gasteiger charge is 2.21. The summed E-state index contributed by atoms with van der Waals surface area (Å²) in [4.78, 5) is 15.4. The molecule has 0 saturated carbocycles. The minimum absolute atomic E-state index is 0.126. The fraction of sp³-hybridized carbons (Fsp3) is 0.333. The molecule has 1 atom stereocenters. The van der Waals surface area contributed by atoms with Gasteiger partial charge in [-0.1, -0.05) is 0 Å². The molecule has 0 saturated heterocycles. The summed E-state index contributed by atoms with van der Waals surface area (Å²) in [7, 11) is 1.23. The van der Waals surface area contributed by atoms with Gasteiger partial charge in [-0.05, 0) is 50.6 Å². The van der Waals surface area contributed by atoms with Gasteiger partial charge in [0.05, 0.1) is 18.1 Å². The van der Waals surface area contributed by atoms with Crippen molar-refractivity contribution in [2.45, 2.75) is 37.0 Å². The minimum atomic E-state index is -0.755. The third kappa shape index (κ3) is 4.69. The van der Waals surface area contributed by atoms with E-state index >= 15 is 0 Å². The maximum absolute atomic E-state index is 14.4. The van der Waals surface area contributed by atoms with Gasteiger partial charge in [-0.15, -0.1) is 11.8 Å². The predicted molar refractivity (Wildman–Crippen MR) is 92.7 cm³/mol. The summed E-state index contributed by atoms with van der Waals surface area (Å²) in [5.41, 5.74) is 0.806. The van der Waals surface area contributed by atoms with E-state index in [-0.39, 0.29) is 11.0 Å². The number of hydrogen-bond acceptors (Lipinski definition) is 5. The van der Waals surface area contributed by atoms with Crippen LogP contribution in [0.4, 0.5) is 8.78 Å². The molecule has 1 unspecified atom stereocenters. The Balaban J connectivity index is 2.39. The first-order chi connectivity index (χ1) is 11.8. The summed E-state index contributed by atoms with van der Waals surface area (Å²) in [5.74, 6) is -1.75. The first-order valence-electron chi connectivity index (χ1n) is 7.69. The van der Waals surface area contributed by atoms with E-state index in [0.717, 1.165) is 11.8 Å². The van der Waals surface area contributed by atoms with Crippen LogP contribution in [0.5, 0.6) is 5.88 Å². The normalized spacial score (nSPS) is 12.1. The van der Waals surface area contributed by atoms with E-state index in [2.05, 4.69) is 9.72 Å². The molecule has 0 amide bonds. The Morgan fingerprint density at radius 1 is 1.20 bits per heavy atom. The lowest BCUT2D eigenvalue weighted by Crippen LogP contribution is -2.15. The van der Waals surface area contributed by atoms with Gasteiger partial charge in [-0.2, -0.15) is 0 Å². The monoisotopic (exact) mass is 367 g/mol. The largest absolute Gasteiger partial charge is 0.475 e. The average molecular weight is 367 g/mol. The molecule has 25 heavy (non-hydrogen) atoms. The molecule has 134 valence electrons. The van der Waals surface area contributed by atoms with E-state index in [1.807, 2.05) is 13.8 Å². The third-order valence-corrected chi connectivity index (χ3v) is 4.43. The zero-order chi connectivity index (χ0) is 18.6. The molecule has 1 heterocycles. The number of carbonyl (C=O) groups excluding carboxylic acids is 1. The van der Waals surface area contributed by atoms with Crippen LogP contribution >= 0.6 is 11.8 Å². The molecule has 0 N–H and O–H groups in total. The number of pyridine rings is 1. The predicted octanol–water partition coefficient (Wildman–Crippen LogP) is 4.47. The molecule has 2 rings (SSSR count). The van der Waals surface area contributed by atoms with Crippen molar-refractivity contribution in [3.8, 4) is 17.0 Å². The Morgan fingerprint density at radius 3 is 2.40 bits per heavy atom. The summed E-state index contributed by atoms with van der Waals surface area (Å²) < 4.78 is 39.1. The highest BCUT2D eigenvalue weighted by atomic mass is 32.2. The summed E-state index contributed by atoms with van der Waals surface area (Å²) in [6.45, 7) is 5.21. The van der Waals surface area contributed by atoms with Crippen molar-refractivity contribution in [3.63, 3.8) is 0 Å². The number of ether oxygens (including phenoxy) is 2. The van der Waals surface area contributed by atoms with Crippen LogP contribution in [-0.4, -0.2) is 29.4 Å². The van der Waals surface area contributed by atoms with Crippen LogP contribution in [0.25, 0.3) is 11.1 Å². The smallest absolute Gasteiger partial charge is 0.318 e. The average Bonchev–Trinajstić information content (AvgIpc) is 2.57. The van der Waals surface area contributed by atoms with Gasteiger partial charge in [0, 0.05) is 11.8 Å². The molecule has 0 aliphatic heterocycles. The minimum Gasteiger partial charge on any atom is -0.475 e. The molecule has 0 aliphatic carbocycles. The second-order valence-corrected chi connectivity index (χ2v) is 6.93. The lowest BCUT2D eigenvalue weighted by molar-refractivity contribution is -0.139. The number of aromatic nitrogens is 1. The van der Waals surface area contributed by atoms with Crippen molar-refractivity contribution < 1.29 is 23.0 Å². The topological polar surface area (TPSA) is 48.4 Å². The number of methoxy groups -OCH3 is 1. The number of esters is 1. The van der Waals surface area contributed by atoms with Gasteiger partial charge in [-0.25, -0.2) is 13.8 Å². The number of nitrogens with zero attached hydrogens (tertiary/aromatic N) is 1. The van der Waals surface area contributed by atoms with Crippen LogP contribution in [0.3, 0.4) is 0 Å². The van der Waals surface area contributed by atoms with E-state index in [1.54, 1.807) is 18.3 Å². The Hall–Kier alpha value is -2.15. The summed E-state index contributed by atoms with van der Waals surface area (Å²) in [6.07, 6.45) is 1.43. The number of thioether (sulfide) groups is 1. The fourth-order valence-corrected chi connectivity index (χ4v) is 3.04. The van der Waals surface area contributed by atoms with E-state index in [4.69, 9.17) is 4.74 Å². The lowest BCUT2D eigenvalue weighted by atomic mass is 10.1. The summed E-state index contributed by atoms with van der Waals surface area (Å²) in [5, 5.41) is -0.724. The zero-order valence-corrected chi connectivity index (χ0v) is 15.2. The molecule has 7 heteroatoms. The Morgan fingerprint density at radius 2 is 1.84 bits per heavy atom. The first-order valence-corrected chi connectivity index (χ1v) is 8.57. The van der Waals surface area contributed by atoms with Crippen LogP contribution in [-0.2, 0) is 9.53 Å². The number of hydrogen-bond donors (Lipinski definition) is 0. The molecule has 0 spiro atoms. The molecule has 0 radical (unpaired) electrons. The summed E-state index contributed by atoms with van der Waals surface area (Å²) in [6, 6.07) is 5.77. The molecular formula is C18H19F2NO3S. The Bertz CT molecular complexity index is 745. The molecular weight excluding hydrogens is 348 g/mol. The SMILES string of the molecule is COC(=O)C(C)Sc1c(F)cc(-c2cccnc2OC(C)C)cc1F. The number of rotatable bonds is 6. The van der Waals surface area contributed by atoms with Crippen molar-refractivity contribution in [2.75, 3.05) is 7.11 Å². The molecule has 1 aromatic heterocycles. The van der Waals surface area contributed by atoms with Crippen LogP contribution in [0, 0.1) is 11.6 Å². The highest BCUT2D eigenvalue weighted by Crippen LogP contribution is 2.35. The van der Waals surface area contributed by atoms with Crippen molar-refractivity contribution >= 4 is 17.7 Å². The van der Waals surface area contributed by atoms with E-state index in [1.165, 1.54) is 26.2 Å². The van der Waals surface area contributed by atoms with Gasteiger partial charge in [0.15, 0.2) is 0 Å². The van der Waals surface area contributed by atoms with Crippen molar-refractivity contribution in [1.29, 1.82) is 0 Å². The van der Waals surface area contributed by atoms with E-state index < -0.39 is 22.9 Å². The van der Waals surface area contributed by atoms with Crippen molar-refractivity contribution in [1.82, 2.24) is 4.98 Å². The number of benzene rings is 1. The zero-order valence-electron chi connectivity index (χ0n) is 14.4. The van der Waals surface area contributed by atoms with Crippen LogP contribution in [0.1, 0.15) is 20.8 Å². The van der Waals surface area contributed by atoms with Gasteiger partial charge in [0.1, 0.15) is 16.9 Å². The van der Waals surface area contributed by atoms with Crippen LogP contribution < -0.4 is 4.74 Å². The fourth-order valence-electron chi connectivity index (χ4n) is 2.15. The maximum Gasteiger partial charge on any atom is 0.318 e. The second kappa shape index (κ2) is 8.29. The van der Waals surface area contributed by atoms with Gasteiger partial charge in [0.2, 0.25) is 5.88 Å². The van der Waals surface area contributed by atoms with Crippen LogP contribution in [0.15, 0.2) is 35.4 Å². The van der Waals surface area contributed by atoms with Gasteiger partial charge in [-0.3, -0.25) is 4.79 Å². The molecule has 0 bridgehead atoms. The second-order valence-electron chi connectivity index (χ2n) is 5.57.